The highest BCUT2D eigenvalue weighted by atomic mass is 16.6. The van der Waals surface area contributed by atoms with E-state index in [1.54, 1.807) is 0 Å². The molecule has 4 N–H and O–H groups in total. The van der Waals surface area contributed by atoms with Gasteiger partial charge >= 0.3 is 6.29 Å². The third-order valence-corrected chi connectivity index (χ3v) is 0.243. The van der Waals surface area contributed by atoms with Crippen molar-refractivity contribution in [2.45, 2.75) is 6.29 Å². The molecule has 0 aromatic carbocycles. The van der Waals surface area contributed by atoms with E-state index < -0.39 is 11.2 Å². The van der Waals surface area contributed by atoms with Crippen LogP contribution in [-0.2, 0) is 0 Å². The molecule has 0 radical (unpaired) electrons. The SMILES string of the molecule is NC(N)[N+](=O)[O-]. The lowest BCUT2D eigenvalue weighted by Crippen LogP contribution is -2.38. The zero-order chi connectivity index (χ0) is 5.15. The van der Waals surface area contributed by atoms with Gasteiger partial charge in [0.15, 0.2) is 0 Å². The van der Waals surface area contributed by atoms with Crippen molar-refractivity contribution in [2.75, 3.05) is 0 Å². The van der Waals surface area contributed by atoms with Gasteiger partial charge in [0.05, 0.1) is 4.92 Å². The van der Waals surface area contributed by atoms with Crippen LogP contribution in [-0.4, -0.2) is 11.2 Å². The Labute approximate surface area is 34.1 Å². The third kappa shape index (κ3) is 1.62. The lowest BCUT2D eigenvalue weighted by Gasteiger charge is -1.89. The van der Waals surface area contributed by atoms with Crippen molar-refractivity contribution in [3.05, 3.63) is 10.1 Å². The van der Waals surface area contributed by atoms with Crippen molar-refractivity contribution in [3.8, 4) is 0 Å². The molecule has 0 aliphatic heterocycles. The molecule has 0 amide bonds. The highest BCUT2D eigenvalue weighted by Gasteiger charge is 2.00. The second-order valence-corrected chi connectivity index (χ2v) is 0.776. The molecule has 0 saturated carbocycles. The lowest BCUT2D eigenvalue weighted by molar-refractivity contribution is -0.520. The van der Waals surface area contributed by atoms with Crippen molar-refractivity contribution in [1.82, 2.24) is 0 Å². The molecule has 0 aromatic rings. The van der Waals surface area contributed by atoms with Crippen molar-refractivity contribution < 1.29 is 4.92 Å². The van der Waals surface area contributed by atoms with Gasteiger partial charge in [-0.05, 0) is 0 Å². The summed E-state index contributed by atoms with van der Waals surface area (Å²) in [6, 6.07) is 0. The average Bonchev–Trinajstić information content (AvgIpc) is 1.36. The lowest BCUT2D eigenvalue weighted by atomic mass is 11.0. The molecule has 0 unspecified atom stereocenters. The zero-order valence-electron chi connectivity index (χ0n) is 3.00. The molecule has 5 heteroatoms. The molecule has 0 bridgehead atoms. The fraction of sp³-hybridized carbons (Fsp3) is 1.00. The fourth-order valence-corrected chi connectivity index (χ4v) is 0. The molecule has 5 nitrogen and oxygen atoms in total. The quantitative estimate of drug-likeness (QED) is 0.232. The fourth-order valence-electron chi connectivity index (χ4n) is 0. The Morgan fingerprint density at radius 1 is 1.67 bits per heavy atom. The third-order valence-electron chi connectivity index (χ3n) is 0.243. The first-order chi connectivity index (χ1) is 2.64. The molecule has 0 aromatic heterocycles. The van der Waals surface area contributed by atoms with Crippen LogP contribution in [0, 0.1) is 10.1 Å². The Morgan fingerprint density at radius 2 is 1.83 bits per heavy atom. The maximum Gasteiger partial charge on any atom is 0.318 e. The van der Waals surface area contributed by atoms with Gasteiger partial charge in [0.2, 0.25) is 0 Å². The van der Waals surface area contributed by atoms with Crippen LogP contribution in [0.1, 0.15) is 0 Å². The molecule has 0 rings (SSSR count). The summed E-state index contributed by atoms with van der Waals surface area (Å²) in [5.74, 6) is 0. The largest absolute Gasteiger partial charge is 0.318 e. The Bertz CT molecular complexity index is 59.8. The Hall–Kier alpha value is -0.680. The van der Waals surface area contributed by atoms with Crippen LogP contribution in [0.4, 0.5) is 0 Å². The summed E-state index contributed by atoms with van der Waals surface area (Å²) in [5.41, 5.74) is 9.03. The number of nitrogens with zero attached hydrogens (tertiary/aromatic N) is 1. The maximum atomic E-state index is 9.25. The van der Waals surface area contributed by atoms with Crippen LogP contribution in [0.25, 0.3) is 0 Å². The number of rotatable bonds is 1. The van der Waals surface area contributed by atoms with E-state index in [4.69, 9.17) is 0 Å². The van der Waals surface area contributed by atoms with Crippen LogP contribution in [0.2, 0.25) is 0 Å². The molecule has 36 valence electrons. The average molecular weight is 91.1 g/mol. The van der Waals surface area contributed by atoms with E-state index in [2.05, 4.69) is 11.5 Å². The van der Waals surface area contributed by atoms with Gasteiger partial charge in [-0.2, -0.15) is 0 Å². The summed E-state index contributed by atoms with van der Waals surface area (Å²) in [4.78, 5) is 8.48. The van der Waals surface area contributed by atoms with E-state index in [0.29, 0.717) is 0 Å². The van der Waals surface area contributed by atoms with Crippen LogP contribution in [0.15, 0.2) is 0 Å². The minimum Gasteiger partial charge on any atom is -0.262 e. The van der Waals surface area contributed by atoms with Crippen LogP contribution < -0.4 is 11.5 Å². The molecule has 6 heavy (non-hydrogen) atoms. The van der Waals surface area contributed by atoms with Gasteiger partial charge in [0, 0.05) is 0 Å². The number of nitrogens with two attached hydrogens (primary N) is 2. The Balaban J connectivity index is 3.26. The van der Waals surface area contributed by atoms with Crippen molar-refractivity contribution >= 4 is 0 Å². The number of nitro groups is 1. The Kier molecular flexibility index (Phi) is 1.49. The molecule has 0 saturated heterocycles. The number of hydrogen-bond donors (Lipinski definition) is 2. The first-order valence-electron chi connectivity index (χ1n) is 1.29. The molecule has 0 fully saturated rings. The van der Waals surface area contributed by atoms with E-state index in [0.717, 1.165) is 0 Å². The molecule has 0 heterocycles. The van der Waals surface area contributed by atoms with Gasteiger partial charge in [0.25, 0.3) is 0 Å². The summed E-state index contributed by atoms with van der Waals surface area (Å²) >= 11 is 0. The second kappa shape index (κ2) is 1.68. The minimum absolute atomic E-state index is 0.778. The van der Waals surface area contributed by atoms with Crippen LogP contribution >= 0.6 is 0 Å². The standard InChI is InChI=1S/CH5N3O2/c2-1(3)4(5)6/h1H,2-3H2. The highest BCUT2D eigenvalue weighted by Crippen LogP contribution is 1.59. The van der Waals surface area contributed by atoms with Gasteiger partial charge in [-0.1, -0.05) is 0 Å². The number of hydrogen-bond acceptors (Lipinski definition) is 4. The van der Waals surface area contributed by atoms with Crippen molar-refractivity contribution in [3.63, 3.8) is 0 Å². The predicted octanol–water partition coefficient (Wildman–Crippen LogP) is -1.54. The molecule has 0 spiro atoms. The monoisotopic (exact) mass is 91.0 g/mol. The van der Waals surface area contributed by atoms with Crippen molar-refractivity contribution in [1.29, 1.82) is 0 Å². The first kappa shape index (κ1) is 5.32. The topological polar surface area (TPSA) is 95.2 Å². The predicted molar refractivity (Wildman–Crippen MR) is 19.2 cm³/mol. The van der Waals surface area contributed by atoms with Crippen LogP contribution in [0.3, 0.4) is 0 Å². The van der Waals surface area contributed by atoms with E-state index in [1.807, 2.05) is 0 Å². The first-order valence-corrected chi connectivity index (χ1v) is 1.29. The van der Waals surface area contributed by atoms with Gasteiger partial charge < -0.3 is 0 Å². The summed E-state index contributed by atoms with van der Waals surface area (Å²) in [5, 5.41) is 9.25. The summed E-state index contributed by atoms with van der Waals surface area (Å²) in [6.07, 6.45) is -1.43. The maximum absolute atomic E-state index is 9.25. The van der Waals surface area contributed by atoms with Crippen molar-refractivity contribution in [2.24, 2.45) is 11.5 Å². The van der Waals surface area contributed by atoms with Gasteiger partial charge in [0.1, 0.15) is 0 Å². The summed E-state index contributed by atoms with van der Waals surface area (Å²) in [6.45, 7) is 0. The van der Waals surface area contributed by atoms with E-state index in [-0.39, 0.29) is 0 Å². The molecule has 0 aliphatic carbocycles. The normalized spacial score (nSPS) is 9.17. The van der Waals surface area contributed by atoms with E-state index >= 15 is 0 Å². The second-order valence-electron chi connectivity index (χ2n) is 0.776. The van der Waals surface area contributed by atoms with E-state index in [1.165, 1.54) is 0 Å². The van der Waals surface area contributed by atoms with Gasteiger partial charge in [-0.25, -0.2) is 0 Å². The summed E-state index contributed by atoms with van der Waals surface area (Å²) in [7, 11) is 0. The van der Waals surface area contributed by atoms with Gasteiger partial charge in [-0.15, -0.1) is 0 Å². The molecule has 0 aliphatic rings. The zero-order valence-corrected chi connectivity index (χ0v) is 3.00. The molecule has 0 atom stereocenters. The van der Waals surface area contributed by atoms with Gasteiger partial charge in [-0.3, -0.25) is 21.6 Å². The van der Waals surface area contributed by atoms with E-state index in [9.17, 15) is 10.1 Å². The highest BCUT2D eigenvalue weighted by molar-refractivity contribution is 4.22. The molecular weight excluding hydrogens is 86.0 g/mol. The van der Waals surface area contributed by atoms with Crippen LogP contribution in [0.5, 0.6) is 0 Å². The summed E-state index contributed by atoms with van der Waals surface area (Å²) < 4.78 is 0. The smallest absolute Gasteiger partial charge is 0.262 e. The molecular formula is CH5N3O2. The minimum atomic E-state index is -1.43. The Morgan fingerprint density at radius 3 is 1.83 bits per heavy atom.